The van der Waals surface area contributed by atoms with E-state index in [1.165, 1.54) is 0 Å². The molecule has 0 aliphatic carbocycles. The van der Waals surface area contributed by atoms with E-state index in [2.05, 4.69) is 13.8 Å². The van der Waals surface area contributed by atoms with Crippen LogP contribution in [0.1, 0.15) is 30.5 Å². The largest absolute Gasteiger partial charge is 0.824 e. The van der Waals surface area contributed by atoms with Gasteiger partial charge in [-0.25, -0.2) is 0 Å². The summed E-state index contributed by atoms with van der Waals surface area (Å²) in [5.41, 5.74) is 3.37. The van der Waals surface area contributed by atoms with Crippen LogP contribution < -0.4 is 5.11 Å². The molecule has 0 N–H and O–H groups in total. The zero-order valence-corrected chi connectivity index (χ0v) is 10.8. The first-order chi connectivity index (χ1) is 7.02. The second kappa shape index (κ2) is 5.44. The lowest BCUT2D eigenvalue weighted by Gasteiger charge is -2.18. The van der Waals surface area contributed by atoms with Gasteiger partial charge in [-0.05, 0) is 42.6 Å². The first-order valence-corrected chi connectivity index (χ1v) is 6.38. The Labute approximate surface area is 94.0 Å². The molecule has 15 heavy (non-hydrogen) atoms. The van der Waals surface area contributed by atoms with Gasteiger partial charge < -0.3 is 5.11 Å². The molecule has 0 spiro atoms. The van der Waals surface area contributed by atoms with Crippen LogP contribution in [0, 0.1) is 19.8 Å². The summed E-state index contributed by atoms with van der Waals surface area (Å²) in [6.07, 6.45) is 0.951. The van der Waals surface area contributed by atoms with E-state index in [-0.39, 0.29) is 5.48 Å². The highest BCUT2D eigenvalue weighted by Crippen LogP contribution is 2.17. The van der Waals surface area contributed by atoms with E-state index < -0.39 is 0 Å². The number of hydrogen-bond donors (Lipinski definition) is 0. The minimum atomic E-state index is 0.263. The quantitative estimate of drug-likeness (QED) is 0.720. The van der Waals surface area contributed by atoms with E-state index in [0.717, 1.165) is 31.1 Å². The SMILES string of the molecule is Cc1cccc(C)c1C([O-])=PCC(C)C. The minimum Gasteiger partial charge on any atom is -0.824 e. The van der Waals surface area contributed by atoms with Crippen molar-refractivity contribution in [2.24, 2.45) is 5.92 Å². The Bertz CT molecular complexity index is 347. The van der Waals surface area contributed by atoms with Gasteiger partial charge in [0.15, 0.2) is 0 Å². The monoisotopic (exact) mass is 221 g/mol. The van der Waals surface area contributed by atoms with Crippen LogP contribution >= 0.6 is 8.20 Å². The van der Waals surface area contributed by atoms with Gasteiger partial charge >= 0.3 is 0 Å². The molecule has 0 saturated carbocycles. The van der Waals surface area contributed by atoms with Crippen molar-refractivity contribution >= 4 is 13.7 Å². The van der Waals surface area contributed by atoms with Crippen molar-refractivity contribution in [3.63, 3.8) is 0 Å². The van der Waals surface area contributed by atoms with Crippen LogP contribution in [0.25, 0.3) is 0 Å². The summed E-state index contributed by atoms with van der Waals surface area (Å²) >= 11 is 0. The van der Waals surface area contributed by atoms with Gasteiger partial charge in [-0.2, -0.15) is 0 Å². The van der Waals surface area contributed by atoms with Crippen LogP contribution in [0.2, 0.25) is 0 Å². The van der Waals surface area contributed by atoms with Gasteiger partial charge in [0.25, 0.3) is 0 Å². The number of aryl methyl sites for hydroxylation is 2. The van der Waals surface area contributed by atoms with Gasteiger partial charge in [0.1, 0.15) is 0 Å². The molecule has 0 unspecified atom stereocenters. The number of rotatable bonds is 3. The Hall–Kier alpha value is -0.650. The molecule has 0 fully saturated rings. The van der Waals surface area contributed by atoms with Crippen molar-refractivity contribution in [2.75, 3.05) is 6.16 Å². The van der Waals surface area contributed by atoms with Gasteiger partial charge in [-0.15, -0.1) is 13.7 Å². The first kappa shape index (κ1) is 12.4. The molecule has 82 valence electrons. The second-order valence-electron chi connectivity index (χ2n) is 4.31. The fourth-order valence-corrected chi connectivity index (χ4v) is 2.54. The average molecular weight is 221 g/mol. The fourth-order valence-electron chi connectivity index (χ4n) is 1.50. The van der Waals surface area contributed by atoms with Crippen molar-refractivity contribution in [3.8, 4) is 0 Å². The molecule has 1 aromatic rings. The van der Waals surface area contributed by atoms with Gasteiger partial charge in [0.2, 0.25) is 0 Å². The molecule has 0 amide bonds. The molecular weight excluding hydrogens is 203 g/mol. The molecule has 0 bridgehead atoms. The fraction of sp³-hybridized carbons (Fsp3) is 0.462. The Morgan fingerprint density at radius 3 is 2.27 bits per heavy atom. The maximum atomic E-state index is 12.0. The molecule has 0 aliphatic rings. The molecule has 0 saturated heterocycles. The van der Waals surface area contributed by atoms with Crippen molar-refractivity contribution in [1.29, 1.82) is 0 Å². The van der Waals surface area contributed by atoms with Crippen molar-refractivity contribution in [1.82, 2.24) is 0 Å². The third-order valence-corrected chi connectivity index (χ3v) is 3.72. The Morgan fingerprint density at radius 1 is 1.27 bits per heavy atom. The van der Waals surface area contributed by atoms with Crippen LogP contribution in [0.4, 0.5) is 0 Å². The molecule has 0 atom stereocenters. The van der Waals surface area contributed by atoms with Crippen LogP contribution in [-0.4, -0.2) is 11.6 Å². The van der Waals surface area contributed by atoms with E-state index in [0.29, 0.717) is 5.92 Å². The van der Waals surface area contributed by atoms with E-state index in [1.54, 1.807) is 0 Å². The molecular formula is C13H18OP-. The summed E-state index contributed by atoms with van der Waals surface area (Å²) in [7, 11) is 0.922. The van der Waals surface area contributed by atoms with Gasteiger partial charge in [0, 0.05) is 0 Å². The Morgan fingerprint density at radius 2 is 1.80 bits per heavy atom. The standard InChI is InChI=1S/C13H19OP/c1-9(2)8-15-13(14)12-10(3)6-5-7-11(12)4/h5-7,9,14H,8H2,1-4H3/p-1. The van der Waals surface area contributed by atoms with Crippen LogP contribution in [-0.2, 0) is 0 Å². The smallest absolute Gasteiger partial charge is 0.00927 e. The predicted octanol–water partition coefficient (Wildman–Crippen LogP) is 2.74. The molecule has 0 heterocycles. The first-order valence-electron chi connectivity index (χ1n) is 5.30. The normalized spacial score (nSPS) is 12.3. The molecule has 2 heteroatoms. The second-order valence-corrected chi connectivity index (χ2v) is 5.39. The summed E-state index contributed by atoms with van der Waals surface area (Å²) in [6.45, 7) is 8.30. The molecule has 1 aromatic carbocycles. The molecule has 0 aromatic heterocycles. The summed E-state index contributed by atoms with van der Waals surface area (Å²) < 4.78 is 0. The highest BCUT2D eigenvalue weighted by molar-refractivity contribution is 7.40. The number of benzene rings is 1. The highest BCUT2D eigenvalue weighted by Gasteiger charge is 2.00. The van der Waals surface area contributed by atoms with Gasteiger partial charge in [0.05, 0.1) is 0 Å². The number of hydrogen-bond acceptors (Lipinski definition) is 1. The van der Waals surface area contributed by atoms with Crippen LogP contribution in [0.5, 0.6) is 0 Å². The maximum Gasteiger partial charge on any atom is -0.00927 e. The minimum absolute atomic E-state index is 0.263. The van der Waals surface area contributed by atoms with Crippen LogP contribution in [0.3, 0.4) is 0 Å². The third-order valence-electron chi connectivity index (χ3n) is 2.30. The van der Waals surface area contributed by atoms with Crippen molar-refractivity contribution in [2.45, 2.75) is 27.7 Å². The predicted molar refractivity (Wildman–Crippen MR) is 66.7 cm³/mol. The average Bonchev–Trinajstić information content (AvgIpc) is 2.14. The third kappa shape index (κ3) is 3.44. The molecule has 1 nitrogen and oxygen atoms in total. The van der Waals surface area contributed by atoms with E-state index in [9.17, 15) is 5.11 Å². The summed E-state index contributed by atoms with van der Waals surface area (Å²) in [6, 6.07) is 6.01. The zero-order chi connectivity index (χ0) is 11.4. The van der Waals surface area contributed by atoms with Crippen LogP contribution in [0.15, 0.2) is 18.2 Å². The maximum absolute atomic E-state index is 12.0. The lowest BCUT2D eigenvalue weighted by molar-refractivity contribution is -0.207. The highest BCUT2D eigenvalue weighted by atomic mass is 31.1. The summed E-state index contributed by atoms with van der Waals surface area (Å²) in [5.74, 6) is 0.583. The zero-order valence-electron chi connectivity index (χ0n) is 9.87. The van der Waals surface area contributed by atoms with E-state index in [1.807, 2.05) is 32.0 Å². The van der Waals surface area contributed by atoms with Crippen molar-refractivity contribution in [3.05, 3.63) is 34.9 Å². The molecule has 1 rings (SSSR count). The van der Waals surface area contributed by atoms with Gasteiger partial charge in [-0.3, -0.25) is 0 Å². The summed E-state index contributed by atoms with van der Waals surface area (Å²) in [5, 5.41) is 12.0. The lowest BCUT2D eigenvalue weighted by Crippen LogP contribution is -2.19. The Kier molecular flexibility index (Phi) is 4.50. The van der Waals surface area contributed by atoms with Crippen molar-refractivity contribution < 1.29 is 5.11 Å². The topological polar surface area (TPSA) is 23.1 Å². The lowest BCUT2D eigenvalue weighted by atomic mass is 10.0. The van der Waals surface area contributed by atoms with E-state index in [4.69, 9.17) is 0 Å². The summed E-state index contributed by atoms with van der Waals surface area (Å²) in [4.78, 5) is 0. The molecule has 0 radical (unpaired) electrons. The molecule has 0 aliphatic heterocycles. The Balaban J connectivity index is 3.00. The van der Waals surface area contributed by atoms with E-state index >= 15 is 0 Å². The van der Waals surface area contributed by atoms with Gasteiger partial charge in [-0.1, -0.05) is 32.0 Å².